The molecule has 0 fully saturated rings. The number of unbranched alkanes of at least 4 members (excludes halogenated alkanes) is 3. The van der Waals surface area contributed by atoms with Crippen LogP contribution in [-0.2, 0) is 6.54 Å². The Hall–Kier alpha value is -1.07. The van der Waals surface area contributed by atoms with Crippen molar-refractivity contribution in [3.63, 3.8) is 0 Å². The average molecular weight is 286 g/mol. The van der Waals surface area contributed by atoms with Crippen molar-refractivity contribution in [1.29, 1.82) is 0 Å². The minimum Gasteiger partial charge on any atom is -0.329 e. The van der Waals surface area contributed by atoms with Crippen molar-refractivity contribution >= 4 is 0 Å². The van der Waals surface area contributed by atoms with Crippen LogP contribution in [0.5, 0.6) is 0 Å². The summed E-state index contributed by atoms with van der Waals surface area (Å²) in [6, 6.07) is 0.883. The molecule has 1 unspecified atom stereocenters. The summed E-state index contributed by atoms with van der Waals surface area (Å²) in [7, 11) is 0. The molecule has 0 aliphatic carbocycles. The third kappa shape index (κ3) is 2.83. The molecule has 0 amide bonds. The molecule has 0 aromatic heterocycles. The lowest BCUT2D eigenvalue weighted by Crippen LogP contribution is -2.28. The minimum absolute atomic E-state index is 0.212. The van der Waals surface area contributed by atoms with Gasteiger partial charge in [-0.1, -0.05) is 26.2 Å². The van der Waals surface area contributed by atoms with E-state index in [1.54, 1.807) is 0 Å². The van der Waals surface area contributed by atoms with Gasteiger partial charge in [0.25, 0.3) is 0 Å². The van der Waals surface area contributed by atoms with E-state index in [0.29, 0.717) is 12.1 Å². The van der Waals surface area contributed by atoms with Crippen LogP contribution >= 0.6 is 0 Å². The Morgan fingerprint density at radius 2 is 1.95 bits per heavy atom. The SMILES string of the molecule is CCCCCCN1Cc2c(cc(F)c(F)c2F)C1CN. The van der Waals surface area contributed by atoms with Gasteiger partial charge in [-0.2, -0.15) is 0 Å². The zero-order valence-corrected chi connectivity index (χ0v) is 11.8. The molecule has 1 aromatic rings. The number of rotatable bonds is 6. The van der Waals surface area contributed by atoms with E-state index in [1.165, 1.54) is 0 Å². The molecule has 2 N–H and O–H groups in total. The number of fused-ring (bicyclic) bond motifs is 1. The number of nitrogens with zero attached hydrogens (tertiary/aromatic N) is 1. The van der Waals surface area contributed by atoms with E-state index in [4.69, 9.17) is 5.73 Å². The molecule has 1 atom stereocenters. The standard InChI is InChI=1S/C15H21F3N2/c1-2-3-4-5-6-20-9-11-10(13(20)8-19)7-12(16)15(18)14(11)17/h7,13H,2-6,8-9,19H2,1H3. The van der Waals surface area contributed by atoms with Crippen LogP contribution < -0.4 is 5.73 Å². The molecule has 1 heterocycles. The lowest BCUT2D eigenvalue weighted by atomic mass is 10.0. The molecule has 20 heavy (non-hydrogen) atoms. The van der Waals surface area contributed by atoms with Crippen LogP contribution in [0.15, 0.2) is 6.07 Å². The number of nitrogens with two attached hydrogens (primary N) is 1. The van der Waals surface area contributed by atoms with Crippen LogP contribution in [0, 0.1) is 17.5 Å². The number of benzene rings is 1. The van der Waals surface area contributed by atoms with Crippen LogP contribution in [-0.4, -0.2) is 18.0 Å². The van der Waals surface area contributed by atoms with Gasteiger partial charge in [-0.15, -0.1) is 0 Å². The molecule has 5 heteroatoms. The summed E-state index contributed by atoms with van der Waals surface area (Å²) in [4.78, 5) is 2.02. The lowest BCUT2D eigenvalue weighted by Gasteiger charge is -2.23. The summed E-state index contributed by atoms with van der Waals surface area (Å²) in [5.41, 5.74) is 6.49. The number of halogens is 3. The maximum atomic E-state index is 13.8. The maximum Gasteiger partial charge on any atom is 0.194 e. The quantitative estimate of drug-likeness (QED) is 0.640. The normalized spacial score (nSPS) is 18.6. The van der Waals surface area contributed by atoms with E-state index in [9.17, 15) is 13.2 Å². The molecule has 0 spiro atoms. The fourth-order valence-corrected chi connectivity index (χ4v) is 2.87. The molecular weight excluding hydrogens is 265 g/mol. The van der Waals surface area contributed by atoms with Crippen LogP contribution in [0.25, 0.3) is 0 Å². The summed E-state index contributed by atoms with van der Waals surface area (Å²) >= 11 is 0. The highest BCUT2D eigenvalue weighted by molar-refractivity contribution is 5.37. The summed E-state index contributed by atoms with van der Waals surface area (Å²) in [5.74, 6) is -3.57. The van der Waals surface area contributed by atoms with Crippen molar-refractivity contribution < 1.29 is 13.2 Å². The molecule has 2 rings (SSSR count). The van der Waals surface area contributed by atoms with Gasteiger partial charge in [0, 0.05) is 24.7 Å². The first kappa shape index (κ1) is 15.3. The lowest BCUT2D eigenvalue weighted by molar-refractivity contribution is 0.214. The Bertz CT molecular complexity index is 477. The Kier molecular flexibility index (Phi) is 5.05. The topological polar surface area (TPSA) is 29.3 Å². The first-order valence-corrected chi connectivity index (χ1v) is 7.20. The van der Waals surface area contributed by atoms with E-state index in [-0.39, 0.29) is 18.2 Å². The van der Waals surface area contributed by atoms with E-state index in [2.05, 4.69) is 6.92 Å². The van der Waals surface area contributed by atoms with Gasteiger partial charge in [0.1, 0.15) is 0 Å². The monoisotopic (exact) mass is 286 g/mol. The van der Waals surface area contributed by atoms with Crippen LogP contribution in [0.3, 0.4) is 0 Å². The van der Waals surface area contributed by atoms with Gasteiger partial charge in [0.15, 0.2) is 17.5 Å². The van der Waals surface area contributed by atoms with E-state index in [0.717, 1.165) is 38.3 Å². The number of hydrogen-bond donors (Lipinski definition) is 1. The van der Waals surface area contributed by atoms with Crippen molar-refractivity contribution in [3.8, 4) is 0 Å². The van der Waals surface area contributed by atoms with Crippen molar-refractivity contribution in [3.05, 3.63) is 34.6 Å². The van der Waals surface area contributed by atoms with Crippen LogP contribution in [0.2, 0.25) is 0 Å². The third-order valence-electron chi connectivity index (χ3n) is 3.98. The summed E-state index contributed by atoms with van der Waals surface area (Å²) in [6.07, 6.45) is 4.40. The molecule has 112 valence electrons. The summed E-state index contributed by atoms with van der Waals surface area (Å²) in [6.45, 7) is 3.51. The van der Waals surface area contributed by atoms with E-state index >= 15 is 0 Å². The summed E-state index contributed by atoms with van der Waals surface area (Å²) in [5, 5.41) is 0. The van der Waals surface area contributed by atoms with Gasteiger partial charge < -0.3 is 5.73 Å². The molecule has 1 aliphatic heterocycles. The van der Waals surface area contributed by atoms with Crippen molar-refractivity contribution in [1.82, 2.24) is 4.90 Å². The molecule has 1 aliphatic rings. The second-order valence-corrected chi connectivity index (χ2v) is 5.34. The van der Waals surface area contributed by atoms with E-state index < -0.39 is 17.5 Å². The predicted octanol–water partition coefficient (Wildman–Crippen LogP) is 3.50. The zero-order valence-electron chi connectivity index (χ0n) is 11.8. The molecule has 2 nitrogen and oxygen atoms in total. The van der Waals surface area contributed by atoms with E-state index in [1.807, 2.05) is 4.90 Å². The fourth-order valence-electron chi connectivity index (χ4n) is 2.87. The summed E-state index contributed by atoms with van der Waals surface area (Å²) < 4.78 is 40.5. The number of hydrogen-bond acceptors (Lipinski definition) is 2. The van der Waals surface area contributed by atoms with Crippen molar-refractivity contribution in [2.75, 3.05) is 13.1 Å². The maximum absolute atomic E-state index is 13.8. The van der Waals surface area contributed by atoms with Gasteiger partial charge in [-0.25, -0.2) is 13.2 Å². The second kappa shape index (κ2) is 6.59. The molecule has 0 bridgehead atoms. The first-order chi connectivity index (χ1) is 9.60. The smallest absolute Gasteiger partial charge is 0.194 e. The van der Waals surface area contributed by atoms with Gasteiger partial charge in [0.05, 0.1) is 0 Å². The van der Waals surface area contributed by atoms with Crippen molar-refractivity contribution in [2.24, 2.45) is 5.73 Å². The predicted molar refractivity (Wildman–Crippen MR) is 72.7 cm³/mol. The molecule has 0 saturated carbocycles. The van der Waals surface area contributed by atoms with Crippen molar-refractivity contribution in [2.45, 2.75) is 45.2 Å². The Labute approximate surface area is 117 Å². The van der Waals surface area contributed by atoms with Gasteiger partial charge in [0.2, 0.25) is 0 Å². The third-order valence-corrected chi connectivity index (χ3v) is 3.98. The van der Waals surface area contributed by atoms with Crippen LogP contribution in [0.1, 0.15) is 49.8 Å². The highest BCUT2D eigenvalue weighted by atomic mass is 19.2. The largest absolute Gasteiger partial charge is 0.329 e. The van der Waals surface area contributed by atoms with Gasteiger partial charge >= 0.3 is 0 Å². The Morgan fingerprint density at radius 1 is 1.20 bits per heavy atom. The van der Waals surface area contributed by atoms with Gasteiger partial charge in [-0.3, -0.25) is 4.90 Å². The minimum atomic E-state index is -1.38. The van der Waals surface area contributed by atoms with Crippen LogP contribution in [0.4, 0.5) is 13.2 Å². The van der Waals surface area contributed by atoms with Gasteiger partial charge in [-0.05, 0) is 24.6 Å². The highest BCUT2D eigenvalue weighted by Crippen LogP contribution is 2.36. The first-order valence-electron chi connectivity index (χ1n) is 7.20. The molecule has 0 radical (unpaired) electrons. The molecular formula is C15H21F3N2. The Balaban J connectivity index is 2.15. The second-order valence-electron chi connectivity index (χ2n) is 5.34. The zero-order chi connectivity index (χ0) is 14.7. The Morgan fingerprint density at radius 3 is 2.60 bits per heavy atom. The highest BCUT2D eigenvalue weighted by Gasteiger charge is 2.33. The molecule has 1 aromatic carbocycles. The average Bonchev–Trinajstić information content (AvgIpc) is 2.79. The molecule has 0 saturated heterocycles. The fraction of sp³-hybridized carbons (Fsp3) is 0.600.